The average molecular weight is 288 g/mol. The van der Waals surface area contributed by atoms with Gasteiger partial charge in [-0.1, -0.05) is 0 Å². The molecule has 20 heavy (non-hydrogen) atoms. The maximum Gasteiger partial charge on any atom is 0.146 e. The van der Waals surface area contributed by atoms with E-state index in [4.69, 9.17) is 5.26 Å². The first kappa shape index (κ1) is 13.7. The SMILES string of the molecule is N#Cc1cccnc1N1CCC(N[C@H]2CCSC2)CC1. The number of rotatable bonds is 3. The van der Waals surface area contributed by atoms with Crippen LogP contribution in [0.2, 0.25) is 0 Å². The van der Waals surface area contributed by atoms with Gasteiger partial charge in [0.1, 0.15) is 11.9 Å². The number of piperidine rings is 1. The quantitative estimate of drug-likeness (QED) is 0.922. The van der Waals surface area contributed by atoms with Crippen LogP contribution in [0.5, 0.6) is 0 Å². The third-order valence-electron chi connectivity index (χ3n) is 4.10. The van der Waals surface area contributed by atoms with Crippen molar-refractivity contribution in [2.45, 2.75) is 31.3 Å². The van der Waals surface area contributed by atoms with Gasteiger partial charge in [-0.05, 0) is 37.1 Å². The van der Waals surface area contributed by atoms with Gasteiger partial charge in [-0.3, -0.25) is 0 Å². The Labute approximate surface area is 124 Å². The van der Waals surface area contributed by atoms with E-state index in [1.54, 1.807) is 6.20 Å². The van der Waals surface area contributed by atoms with Crippen molar-refractivity contribution in [3.63, 3.8) is 0 Å². The van der Waals surface area contributed by atoms with Crippen LogP contribution >= 0.6 is 11.8 Å². The molecule has 4 nitrogen and oxygen atoms in total. The number of hydrogen-bond acceptors (Lipinski definition) is 5. The van der Waals surface area contributed by atoms with Crippen molar-refractivity contribution in [2.24, 2.45) is 0 Å². The van der Waals surface area contributed by atoms with Crippen LogP contribution in [-0.4, -0.2) is 41.7 Å². The molecular weight excluding hydrogens is 268 g/mol. The van der Waals surface area contributed by atoms with Crippen molar-refractivity contribution in [3.8, 4) is 6.07 Å². The van der Waals surface area contributed by atoms with E-state index in [0.717, 1.165) is 31.7 Å². The number of nitriles is 1. The smallest absolute Gasteiger partial charge is 0.146 e. The normalized spacial score (nSPS) is 23.8. The van der Waals surface area contributed by atoms with Crippen LogP contribution in [-0.2, 0) is 0 Å². The maximum absolute atomic E-state index is 9.16. The van der Waals surface area contributed by atoms with Crippen LogP contribution in [0.4, 0.5) is 5.82 Å². The highest BCUT2D eigenvalue weighted by atomic mass is 32.2. The second kappa shape index (κ2) is 6.47. The average Bonchev–Trinajstić information content (AvgIpc) is 3.01. The minimum absolute atomic E-state index is 0.629. The fraction of sp³-hybridized carbons (Fsp3) is 0.600. The predicted molar refractivity (Wildman–Crippen MR) is 83.1 cm³/mol. The summed E-state index contributed by atoms with van der Waals surface area (Å²) >= 11 is 2.05. The number of nitrogens with zero attached hydrogens (tertiary/aromatic N) is 3. The molecule has 0 saturated carbocycles. The van der Waals surface area contributed by atoms with Gasteiger partial charge in [-0.15, -0.1) is 0 Å². The van der Waals surface area contributed by atoms with Crippen molar-refractivity contribution >= 4 is 17.6 Å². The zero-order valence-electron chi connectivity index (χ0n) is 11.6. The Hall–Kier alpha value is -1.25. The van der Waals surface area contributed by atoms with Gasteiger partial charge in [-0.25, -0.2) is 4.98 Å². The summed E-state index contributed by atoms with van der Waals surface area (Å²) in [6.45, 7) is 1.98. The molecule has 0 radical (unpaired) electrons. The van der Waals surface area contributed by atoms with Gasteiger partial charge in [0.2, 0.25) is 0 Å². The summed E-state index contributed by atoms with van der Waals surface area (Å²) in [4.78, 5) is 6.63. The van der Waals surface area contributed by atoms with Gasteiger partial charge in [-0.2, -0.15) is 17.0 Å². The number of thioether (sulfide) groups is 1. The summed E-state index contributed by atoms with van der Waals surface area (Å²) in [6, 6.07) is 7.26. The lowest BCUT2D eigenvalue weighted by molar-refractivity contribution is 0.378. The Morgan fingerprint density at radius 2 is 2.15 bits per heavy atom. The molecule has 1 N–H and O–H groups in total. The highest BCUT2D eigenvalue weighted by Gasteiger charge is 2.25. The third kappa shape index (κ3) is 3.08. The van der Waals surface area contributed by atoms with Crippen molar-refractivity contribution in [2.75, 3.05) is 29.5 Å². The number of anilines is 1. The maximum atomic E-state index is 9.16. The molecule has 2 saturated heterocycles. The molecule has 1 aromatic heterocycles. The summed E-state index contributed by atoms with van der Waals surface area (Å²) in [5, 5.41) is 12.9. The molecular formula is C15H20N4S. The van der Waals surface area contributed by atoms with Gasteiger partial charge >= 0.3 is 0 Å². The molecule has 1 atom stereocenters. The summed E-state index contributed by atoms with van der Waals surface area (Å²) in [6.07, 6.45) is 5.37. The van der Waals surface area contributed by atoms with E-state index in [0.29, 0.717) is 17.6 Å². The third-order valence-corrected chi connectivity index (χ3v) is 5.27. The summed E-state index contributed by atoms with van der Waals surface area (Å²) in [5.74, 6) is 3.42. The Bertz CT molecular complexity index is 485. The molecule has 0 spiro atoms. The van der Waals surface area contributed by atoms with E-state index < -0.39 is 0 Å². The molecule has 3 rings (SSSR count). The fourth-order valence-electron chi connectivity index (χ4n) is 2.99. The number of nitrogens with one attached hydrogen (secondary N) is 1. The fourth-order valence-corrected chi connectivity index (χ4v) is 4.16. The van der Waals surface area contributed by atoms with E-state index in [2.05, 4.69) is 33.0 Å². The lowest BCUT2D eigenvalue weighted by atomic mass is 10.0. The highest BCUT2D eigenvalue weighted by molar-refractivity contribution is 7.99. The lowest BCUT2D eigenvalue weighted by Gasteiger charge is -2.34. The Kier molecular flexibility index (Phi) is 4.44. The van der Waals surface area contributed by atoms with E-state index in [1.165, 1.54) is 17.9 Å². The van der Waals surface area contributed by atoms with Crippen molar-refractivity contribution in [3.05, 3.63) is 23.9 Å². The molecule has 0 unspecified atom stereocenters. The molecule has 2 aliphatic heterocycles. The second-order valence-electron chi connectivity index (χ2n) is 5.47. The number of pyridine rings is 1. The Morgan fingerprint density at radius 3 is 2.85 bits per heavy atom. The molecule has 106 valence electrons. The molecule has 0 aliphatic carbocycles. The Balaban J connectivity index is 1.56. The number of hydrogen-bond donors (Lipinski definition) is 1. The van der Waals surface area contributed by atoms with Gasteiger partial charge in [0.15, 0.2) is 0 Å². The molecule has 2 aliphatic rings. The summed E-state index contributed by atoms with van der Waals surface area (Å²) < 4.78 is 0. The molecule has 0 aromatic carbocycles. The summed E-state index contributed by atoms with van der Waals surface area (Å²) in [5.41, 5.74) is 0.686. The molecule has 5 heteroatoms. The van der Waals surface area contributed by atoms with Crippen LogP contribution in [0.15, 0.2) is 18.3 Å². The summed E-state index contributed by atoms with van der Waals surface area (Å²) in [7, 11) is 0. The monoisotopic (exact) mass is 288 g/mol. The zero-order chi connectivity index (χ0) is 13.8. The minimum atomic E-state index is 0.629. The predicted octanol–water partition coefficient (Wildman–Crippen LogP) is 2.02. The highest BCUT2D eigenvalue weighted by Crippen LogP contribution is 2.23. The van der Waals surface area contributed by atoms with Crippen LogP contribution in [0.3, 0.4) is 0 Å². The van der Waals surface area contributed by atoms with Crippen LogP contribution in [0.1, 0.15) is 24.8 Å². The first-order valence-corrected chi connectivity index (χ1v) is 8.46. The van der Waals surface area contributed by atoms with Gasteiger partial charge in [0.25, 0.3) is 0 Å². The van der Waals surface area contributed by atoms with E-state index in [9.17, 15) is 0 Å². The topological polar surface area (TPSA) is 52.0 Å². The molecule has 0 amide bonds. The first-order valence-electron chi connectivity index (χ1n) is 7.30. The second-order valence-corrected chi connectivity index (χ2v) is 6.62. The van der Waals surface area contributed by atoms with Gasteiger partial charge < -0.3 is 10.2 Å². The zero-order valence-corrected chi connectivity index (χ0v) is 12.4. The molecule has 3 heterocycles. The van der Waals surface area contributed by atoms with Crippen LogP contribution in [0.25, 0.3) is 0 Å². The standard InChI is InChI=1S/C15H20N4S/c16-10-12-2-1-6-17-15(12)19-7-3-13(4-8-19)18-14-5-9-20-11-14/h1-2,6,13-14,18H,3-5,7-9,11H2/t14-/m0/s1. The van der Waals surface area contributed by atoms with Crippen LogP contribution in [0, 0.1) is 11.3 Å². The largest absolute Gasteiger partial charge is 0.355 e. The lowest BCUT2D eigenvalue weighted by Crippen LogP contribution is -2.46. The molecule has 0 bridgehead atoms. The minimum Gasteiger partial charge on any atom is -0.355 e. The van der Waals surface area contributed by atoms with Gasteiger partial charge in [0, 0.05) is 37.1 Å². The van der Waals surface area contributed by atoms with E-state index in [1.807, 2.05) is 12.1 Å². The van der Waals surface area contributed by atoms with E-state index in [-0.39, 0.29) is 0 Å². The molecule has 2 fully saturated rings. The Morgan fingerprint density at radius 1 is 1.30 bits per heavy atom. The number of aromatic nitrogens is 1. The van der Waals surface area contributed by atoms with Crippen molar-refractivity contribution < 1.29 is 0 Å². The molecule has 1 aromatic rings. The van der Waals surface area contributed by atoms with E-state index >= 15 is 0 Å². The van der Waals surface area contributed by atoms with Crippen molar-refractivity contribution in [1.82, 2.24) is 10.3 Å². The van der Waals surface area contributed by atoms with Gasteiger partial charge in [0.05, 0.1) is 5.56 Å². The first-order chi connectivity index (χ1) is 9.86. The van der Waals surface area contributed by atoms with Crippen LogP contribution < -0.4 is 10.2 Å². The van der Waals surface area contributed by atoms with Crippen molar-refractivity contribution in [1.29, 1.82) is 5.26 Å².